The predicted molar refractivity (Wildman–Crippen MR) is 100 cm³/mol. The van der Waals surface area contributed by atoms with Crippen molar-refractivity contribution in [1.82, 2.24) is 4.98 Å². The largest absolute Gasteiger partial charge is 0.497 e. The van der Waals surface area contributed by atoms with Crippen LogP contribution >= 0.6 is 22.9 Å². The van der Waals surface area contributed by atoms with Crippen molar-refractivity contribution in [2.24, 2.45) is 0 Å². The van der Waals surface area contributed by atoms with Crippen molar-refractivity contribution >= 4 is 34.0 Å². The number of benzene rings is 2. The van der Waals surface area contributed by atoms with Gasteiger partial charge in [-0.15, -0.1) is 11.3 Å². The van der Waals surface area contributed by atoms with Crippen molar-refractivity contribution in [3.05, 3.63) is 58.4 Å². The van der Waals surface area contributed by atoms with Crippen LogP contribution in [-0.4, -0.2) is 25.1 Å². The van der Waals surface area contributed by atoms with Gasteiger partial charge in [-0.05, 0) is 42.5 Å². The van der Waals surface area contributed by atoms with Crippen LogP contribution in [0.4, 0.5) is 5.13 Å². The third-order valence-electron chi connectivity index (χ3n) is 3.52. The molecule has 0 radical (unpaired) electrons. The minimum Gasteiger partial charge on any atom is -0.497 e. The summed E-state index contributed by atoms with van der Waals surface area (Å²) in [5.74, 6) is 0.907. The molecule has 1 heterocycles. The number of thiazole rings is 1. The molecule has 0 bridgehead atoms. The number of hydrogen-bond acceptors (Lipinski definition) is 5. The molecule has 25 heavy (non-hydrogen) atoms. The molecule has 0 unspecified atom stereocenters. The van der Waals surface area contributed by atoms with Gasteiger partial charge in [0.25, 0.3) is 5.91 Å². The smallest absolute Gasteiger partial charge is 0.261 e. The minimum absolute atomic E-state index is 0.324. The topological polar surface area (TPSA) is 60.5 Å². The lowest BCUT2D eigenvalue weighted by Crippen LogP contribution is -2.13. The van der Waals surface area contributed by atoms with Crippen LogP contribution in [0, 0.1) is 0 Å². The lowest BCUT2D eigenvalue weighted by molar-refractivity contribution is 0.102. The van der Waals surface area contributed by atoms with Crippen LogP contribution in [0.15, 0.2) is 47.8 Å². The molecule has 5 nitrogen and oxygen atoms in total. The average Bonchev–Trinajstić information content (AvgIpc) is 3.10. The molecule has 0 aliphatic rings. The molecule has 0 saturated heterocycles. The maximum absolute atomic E-state index is 12.5. The molecule has 3 aromatic rings. The summed E-state index contributed by atoms with van der Waals surface area (Å²) in [7, 11) is 3.13. The van der Waals surface area contributed by atoms with E-state index in [0.717, 1.165) is 17.0 Å². The number of ether oxygens (including phenoxy) is 2. The quantitative estimate of drug-likeness (QED) is 0.701. The number of nitrogens with zero attached hydrogens (tertiary/aromatic N) is 1. The van der Waals surface area contributed by atoms with E-state index in [1.165, 1.54) is 18.4 Å². The number of hydrogen-bond donors (Lipinski definition) is 1. The highest BCUT2D eigenvalue weighted by molar-refractivity contribution is 7.14. The molecule has 0 aliphatic heterocycles. The Bertz CT molecular complexity index is 894. The molecular weight excluding hydrogens is 360 g/mol. The Hall–Kier alpha value is -2.57. The second-order valence-corrected chi connectivity index (χ2v) is 6.36. The molecule has 0 spiro atoms. The molecule has 1 amide bonds. The first kappa shape index (κ1) is 17.3. The highest BCUT2D eigenvalue weighted by Crippen LogP contribution is 2.28. The second-order valence-electron chi connectivity index (χ2n) is 5.07. The average molecular weight is 375 g/mol. The second kappa shape index (κ2) is 7.55. The summed E-state index contributed by atoms with van der Waals surface area (Å²) in [6, 6.07) is 12.4. The Balaban J connectivity index is 1.79. The van der Waals surface area contributed by atoms with Crippen LogP contribution in [0.1, 0.15) is 10.4 Å². The lowest BCUT2D eigenvalue weighted by atomic mass is 10.2. The van der Waals surface area contributed by atoms with E-state index in [4.69, 9.17) is 21.1 Å². The van der Waals surface area contributed by atoms with Crippen molar-refractivity contribution in [2.75, 3.05) is 19.5 Å². The number of anilines is 1. The monoisotopic (exact) mass is 374 g/mol. The molecule has 2 aromatic carbocycles. The Labute approximate surface area is 154 Å². The molecule has 1 aromatic heterocycles. The van der Waals surface area contributed by atoms with Gasteiger partial charge in [-0.2, -0.15) is 0 Å². The number of amides is 1. The maximum Gasteiger partial charge on any atom is 0.261 e. The van der Waals surface area contributed by atoms with E-state index in [-0.39, 0.29) is 5.91 Å². The molecule has 0 atom stereocenters. The Morgan fingerprint density at radius 1 is 1.12 bits per heavy atom. The number of carbonyl (C=O) groups excluding carboxylic acids is 1. The van der Waals surface area contributed by atoms with E-state index in [9.17, 15) is 4.79 Å². The van der Waals surface area contributed by atoms with Crippen LogP contribution in [0.25, 0.3) is 11.3 Å². The van der Waals surface area contributed by atoms with E-state index in [1.807, 2.05) is 29.6 Å². The van der Waals surface area contributed by atoms with Crippen molar-refractivity contribution in [1.29, 1.82) is 0 Å². The standard InChI is InChI=1S/C18H15ClN2O3S/c1-23-13-6-3-11(4-7-13)15-10-25-18(20-15)21-17(22)14-9-12(19)5-8-16(14)24-2/h3-10H,1-2H3,(H,20,21,22). The normalized spacial score (nSPS) is 10.4. The first-order valence-corrected chi connectivity index (χ1v) is 8.61. The Morgan fingerprint density at radius 3 is 2.56 bits per heavy atom. The fourth-order valence-corrected chi connectivity index (χ4v) is 3.13. The van der Waals surface area contributed by atoms with Crippen LogP contribution < -0.4 is 14.8 Å². The van der Waals surface area contributed by atoms with E-state index in [0.29, 0.717) is 21.5 Å². The summed E-state index contributed by atoms with van der Waals surface area (Å²) in [6.45, 7) is 0. The predicted octanol–water partition coefficient (Wildman–Crippen LogP) is 4.73. The van der Waals surface area contributed by atoms with Crippen molar-refractivity contribution in [3.8, 4) is 22.8 Å². The van der Waals surface area contributed by atoms with E-state index in [2.05, 4.69) is 10.3 Å². The van der Waals surface area contributed by atoms with Gasteiger partial charge in [-0.1, -0.05) is 11.6 Å². The van der Waals surface area contributed by atoms with Crippen LogP contribution in [-0.2, 0) is 0 Å². The molecule has 1 N–H and O–H groups in total. The number of methoxy groups -OCH3 is 2. The highest BCUT2D eigenvalue weighted by atomic mass is 35.5. The van der Waals surface area contributed by atoms with Gasteiger partial charge >= 0.3 is 0 Å². The molecular formula is C18H15ClN2O3S. The van der Waals surface area contributed by atoms with Crippen LogP contribution in [0.3, 0.4) is 0 Å². The van der Waals surface area contributed by atoms with Gasteiger partial charge < -0.3 is 9.47 Å². The number of nitrogens with one attached hydrogen (secondary N) is 1. The van der Waals surface area contributed by atoms with Gasteiger partial charge in [-0.3, -0.25) is 10.1 Å². The zero-order chi connectivity index (χ0) is 17.8. The SMILES string of the molecule is COc1ccc(-c2csc(NC(=O)c3cc(Cl)ccc3OC)n2)cc1. The third-order valence-corrected chi connectivity index (χ3v) is 4.51. The first-order valence-electron chi connectivity index (χ1n) is 7.35. The van der Waals surface area contributed by atoms with Crippen LogP contribution in [0.5, 0.6) is 11.5 Å². The molecule has 7 heteroatoms. The number of halogens is 1. The van der Waals surface area contributed by atoms with Crippen molar-refractivity contribution in [3.63, 3.8) is 0 Å². The molecule has 0 saturated carbocycles. The maximum atomic E-state index is 12.5. The van der Waals surface area contributed by atoms with E-state index >= 15 is 0 Å². The summed E-state index contributed by atoms with van der Waals surface area (Å²) in [5, 5.41) is 5.62. The fraction of sp³-hybridized carbons (Fsp3) is 0.111. The molecule has 128 valence electrons. The van der Waals surface area contributed by atoms with Gasteiger partial charge in [0.2, 0.25) is 0 Å². The molecule has 3 rings (SSSR count). The van der Waals surface area contributed by atoms with Crippen molar-refractivity contribution in [2.45, 2.75) is 0 Å². The van der Waals surface area contributed by atoms with Gasteiger partial charge in [0.1, 0.15) is 11.5 Å². The van der Waals surface area contributed by atoms with Crippen LogP contribution in [0.2, 0.25) is 5.02 Å². The Kier molecular flexibility index (Phi) is 5.21. The zero-order valence-electron chi connectivity index (χ0n) is 13.6. The summed E-state index contributed by atoms with van der Waals surface area (Å²) in [5.41, 5.74) is 2.08. The van der Waals surface area contributed by atoms with Gasteiger partial charge in [0.15, 0.2) is 5.13 Å². The van der Waals surface area contributed by atoms with Crippen molar-refractivity contribution < 1.29 is 14.3 Å². The minimum atomic E-state index is -0.324. The fourth-order valence-electron chi connectivity index (χ4n) is 2.25. The summed E-state index contributed by atoms with van der Waals surface area (Å²) in [4.78, 5) is 16.9. The summed E-state index contributed by atoms with van der Waals surface area (Å²) < 4.78 is 10.4. The zero-order valence-corrected chi connectivity index (χ0v) is 15.1. The van der Waals surface area contributed by atoms with E-state index in [1.54, 1.807) is 25.3 Å². The summed E-state index contributed by atoms with van der Waals surface area (Å²) >= 11 is 7.32. The number of carbonyl (C=O) groups is 1. The first-order chi connectivity index (χ1) is 12.1. The highest BCUT2D eigenvalue weighted by Gasteiger charge is 2.15. The van der Waals surface area contributed by atoms with Gasteiger partial charge in [0.05, 0.1) is 25.5 Å². The number of rotatable bonds is 5. The molecule has 0 aliphatic carbocycles. The molecule has 0 fully saturated rings. The van der Waals surface area contributed by atoms with Gasteiger partial charge in [0, 0.05) is 16.0 Å². The van der Waals surface area contributed by atoms with E-state index < -0.39 is 0 Å². The Morgan fingerprint density at radius 2 is 1.88 bits per heavy atom. The van der Waals surface area contributed by atoms with Gasteiger partial charge in [-0.25, -0.2) is 4.98 Å². The lowest BCUT2D eigenvalue weighted by Gasteiger charge is -2.08. The number of aromatic nitrogens is 1. The summed E-state index contributed by atoms with van der Waals surface area (Å²) in [6.07, 6.45) is 0. The third kappa shape index (κ3) is 3.92.